The first-order chi connectivity index (χ1) is 8.33. The van der Waals surface area contributed by atoms with Gasteiger partial charge in [-0.25, -0.2) is 0 Å². The zero-order valence-corrected chi connectivity index (χ0v) is 12.5. The van der Waals surface area contributed by atoms with E-state index in [-0.39, 0.29) is 0 Å². The molecule has 0 aliphatic heterocycles. The molecule has 0 aromatic carbocycles. The number of rotatable bonds is 3. The molecule has 1 aliphatic rings. The molecule has 0 radical (unpaired) electrons. The molecule has 4 heteroatoms. The fourth-order valence-electron chi connectivity index (χ4n) is 2.81. The second kappa shape index (κ2) is 6.88. The number of nitrogens with one attached hydrogen (secondary N) is 1. The fraction of sp³-hybridized carbons (Fsp3) is 0.692. The monoisotopic (exact) mass is 316 g/mol. The van der Waals surface area contributed by atoms with Gasteiger partial charge in [-0.1, -0.05) is 32.1 Å². The van der Waals surface area contributed by atoms with Crippen LogP contribution in [0.2, 0.25) is 0 Å². The Balaban J connectivity index is 2.08. The smallest absolute Gasteiger partial charge is 0.0507 e. The van der Waals surface area contributed by atoms with E-state index in [0.29, 0.717) is 12.0 Å². The van der Waals surface area contributed by atoms with Crippen molar-refractivity contribution in [3.63, 3.8) is 0 Å². The minimum absolute atomic E-state index is 0.314. The fourth-order valence-corrected chi connectivity index (χ4v) is 4.39. The molecule has 96 valence electrons. The van der Waals surface area contributed by atoms with E-state index in [4.69, 9.17) is 5.84 Å². The maximum absolute atomic E-state index is 5.79. The standard InChI is InChI=1S/C13H21BrN2S/c14-12-9-17-8-11(12)13(16-15)10-6-4-2-1-3-5-7-10/h8-10,13,16H,1-7,15H2. The third-order valence-corrected chi connectivity index (χ3v) is 5.53. The lowest BCUT2D eigenvalue weighted by Crippen LogP contribution is -2.34. The van der Waals surface area contributed by atoms with Crippen molar-refractivity contribution in [3.05, 3.63) is 20.8 Å². The lowest BCUT2D eigenvalue weighted by Gasteiger charge is -2.28. The maximum atomic E-state index is 5.79. The van der Waals surface area contributed by atoms with E-state index >= 15 is 0 Å². The molecular weight excluding hydrogens is 296 g/mol. The van der Waals surface area contributed by atoms with Gasteiger partial charge in [0.25, 0.3) is 0 Å². The van der Waals surface area contributed by atoms with E-state index in [1.54, 1.807) is 11.3 Å². The molecule has 2 nitrogen and oxygen atoms in total. The molecule has 0 amide bonds. The van der Waals surface area contributed by atoms with Crippen molar-refractivity contribution in [3.8, 4) is 0 Å². The summed E-state index contributed by atoms with van der Waals surface area (Å²) in [7, 11) is 0. The van der Waals surface area contributed by atoms with Crippen LogP contribution in [0.5, 0.6) is 0 Å². The molecule has 2 rings (SSSR count). The van der Waals surface area contributed by atoms with Gasteiger partial charge in [0, 0.05) is 9.85 Å². The molecule has 0 saturated heterocycles. The van der Waals surface area contributed by atoms with Crippen molar-refractivity contribution < 1.29 is 0 Å². The molecule has 1 aromatic rings. The molecule has 1 aliphatic carbocycles. The first kappa shape index (κ1) is 13.5. The van der Waals surface area contributed by atoms with E-state index in [9.17, 15) is 0 Å². The second-order valence-electron chi connectivity index (χ2n) is 4.92. The van der Waals surface area contributed by atoms with Gasteiger partial charge in [-0.3, -0.25) is 11.3 Å². The van der Waals surface area contributed by atoms with E-state index in [1.807, 2.05) is 0 Å². The molecule has 1 aromatic heterocycles. The molecule has 1 heterocycles. The molecule has 1 saturated carbocycles. The summed E-state index contributed by atoms with van der Waals surface area (Å²) in [5, 5.41) is 4.36. The van der Waals surface area contributed by atoms with Crippen LogP contribution in [0.4, 0.5) is 0 Å². The van der Waals surface area contributed by atoms with E-state index < -0.39 is 0 Å². The Bertz CT molecular complexity index is 332. The van der Waals surface area contributed by atoms with Gasteiger partial charge >= 0.3 is 0 Å². The highest BCUT2D eigenvalue weighted by atomic mass is 79.9. The molecule has 0 bridgehead atoms. The van der Waals surface area contributed by atoms with E-state index in [2.05, 4.69) is 32.1 Å². The normalized spacial score (nSPS) is 20.8. The predicted molar refractivity (Wildman–Crippen MR) is 77.9 cm³/mol. The van der Waals surface area contributed by atoms with Gasteiger partial charge in [0.2, 0.25) is 0 Å². The van der Waals surface area contributed by atoms with Crippen molar-refractivity contribution in [2.24, 2.45) is 11.8 Å². The number of hydrogen-bond donors (Lipinski definition) is 2. The summed E-state index contributed by atoms with van der Waals surface area (Å²) >= 11 is 5.36. The molecule has 0 spiro atoms. The van der Waals surface area contributed by atoms with Gasteiger partial charge in [-0.2, -0.15) is 11.3 Å². The minimum Gasteiger partial charge on any atom is -0.271 e. The Hall–Kier alpha value is 0.100. The molecular formula is C13H21BrN2S. The zero-order chi connectivity index (χ0) is 12.1. The van der Waals surface area contributed by atoms with Gasteiger partial charge in [0.15, 0.2) is 0 Å². The summed E-state index contributed by atoms with van der Waals surface area (Å²) in [5.74, 6) is 6.47. The van der Waals surface area contributed by atoms with Crippen LogP contribution in [0.1, 0.15) is 56.6 Å². The summed E-state index contributed by atoms with van der Waals surface area (Å²) in [5.41, 5.74) is 4.38. The van der Waals surface area contributed by atoms with Crippen LogP contribution in [-0.4, -0.2) is 0 Å². The van der Waals surface area contributed by atoms with Gasteiger partial charge in [-0.15, -0.1) is 0 Å². The van der Waals surface area contributed by atoms with Crippen LogP contribution >= 0.6 is 27.3 Å². The molecule has 1 unspecified atom stereocenters. The van der Waals surface area contributed by atoms with Gasteiger partial charge in [0.05, 0.1) is 6.04 Å². The number of hydrogen-bond acceptors (Lipinski definition) is 3. The highest BCUT2D eigenvalue weighted by Gasteiger charge is 2.24. The number of hydrazine groups is 1. The number of thiophene rings is 1. The Morgan fingerprint density at radius 1 is 1.18 bits per heavy atom. The number of halogens is 1. The molecule has 1 fully saturated rings. The summed E-state index contributed by atoms with van der Waals surface area (Å²) in [6.07, 6.45) is 9.50. The molecule has 3 N–H and O–H groups in total. The topological polar surface area (TPSA) is 38.0 Å². The second-order valence-corrected chi connectivity index (χ2v) is 6.52. The lowest BCUT2D eigenvalue weighted by molar-refractivity contribution is 0.290. The van der Waals surface area contributed by atoms with Crippen molar-refractivity contribution >= 4 is 27.3 Å². The van der Waals surface area contributed by atoms with Gasteiger partial charge in [-0.05, 0) is 45.6 Å². The predicted octanol–water partition coefficient (Wildman–Crippen LogP) is 4.38. The first-order valence-electron chi connectivity index (χ1n) is 6.50. The van der Waals surface area contributed by atoms with Crippen molar-refractivity contribution in [2.45, 2.75) is 51.0 Å². The van der Waals surface area contributed by atoms with Crippen LogP contribution in [-0.2, 0) is 0 Å². The highest BCUT2D eigenvalue weighted by Crippen LogP contribution is 2.36. The SMILES string of the molecule is NNC(c1cscc1Br)C1CCCCCCC1. The number of nitrogens with two attached hydrogens (primary N) is 1. The first-order valence-corrected chi connectivity index (χ1v) is 8.24. The Kier molecular flexibility index (Phi) is 5.48. The largest absolute Gasteiger partial charge is 0.271 e. The van der Waals surface area contributed by atoms with Crippen LogP contribution in [0, 0.1) is 5.92 Å². The van der Waals surface area contributed by atoms with Crippen molar-refractivity contribution in [2.75, 3.05) is 0 Å². The van der Waals surface area contributed by atoms with Crippen LogP contribution in [0.25, 0.3) is 0 Å². The van der Waals surface area contributed by atoms with Crippen LogP contribution < -0.4 is 11.3 Å². The zero-order valence-electron chi connectivity index (χ0n) is 10.1. The third kappa shape index (κ3) is 3.53. The summed E-state index contributed by atoms with van der Waals surface area (Å²) in [4.78, 5) is 0. The van der Waals surface area contributed by atoms with Crippen molar-refractivity contribution in [1.82, 2.24) is 5.43 Å². The van der Waals surface area contributed by atoms with E-state index in [1.165, 1.54) is 55.0 Å². The average molecular weight is 317 g/mol. The Morgan fingerprint density at radius 2 is 1.82 bits per heavy atom. The van der Waals surface area contributed by atoms with Crippen molar-refractivity contribution in [1.29, 1.82) is 0 Å². The summed E-state index contributed by atoms with van der Waals surface area (Å²) in [6.45, 7) is 0. The van der Waals surface area contributed by atoms with Gasteiger partial charge in [0.1, 0.15) is 0 Å². The highest BCUT2D eigenvalue weighted by molar-refractivity contribution is 9.10. The van der Waals surface area contributed by atoms with Crippen LogP contribution in [0.3, 0.4) is 0 Å². The van der Waals surface area contributed by atoms with E-state index in [0.717, 1.165) is 0 Å². The summed E-state index contributed by atoms with van der Waals surface area (Å²) < 4.78 is 1.20. The summed E-state index contributed by atoms with van der Waals surface area (Å²) in [6, 6.07) is 0.314. The third-order valence-electron chi connectivity index (χ3n) is 3.78. The molecule has 1 atom stereocenters. The van der Waals surface area contributed by atoms with Gasteiger partial charge < -0.3 is 0 Å². The lowest BCUT2D eigenvalue weighted by atomic mass is 9.84. The molecule has 17 heavy (non-hydrogen) atoms. The Labute approximate surface area is 116 Å². The maximum Gasteiger partial charge on any atom is 0.0507 e. The van der Waals surface area contributed by atoms with Crippen LogP contribution in [0.15, 0.2) is 15.2 Å². The minimum atomic E-state index is 0.314. The quantitative estimate of drug-likeness (QED) is 0.641. The Morgan fingerprint density at radius 3 is 2.35 bits per heavy atom. The average Bonchev–Trinajstić information content (AvgIpc) is 2.69.